The Hall–Kier alpha value is -1.66. The number of aliphatic hydroxyl groups is 2. The summed E-state index contributed by atoms with van der Waals surface area (Å²) in [7, 11) is 0. The molecule has 6 nitrogen and oxygen atoms in total. The number of hydrogen-bond acceptors (Lipinski definition) is 5. The van der Waals surface area contributed by atoms with Crippen LogP contribution < -0.4 is 5.32 Å². The number of allylic oxidation sites excluding steroid dienone is 3. The fraction of sp³-hybridized carbons (Fsp3) is 0.889. The van der Waals surface area contributed by atoms with Gasteiger partial charge in [-0.25, -0.2) is 0 Å². The van der Waals surface area contributed by atoms with Gasteiger partial charge in [0.25, 0.3) is 0 Å². The van der Waals surface area contributed by atoms with Crippen LogP contribution in [0.15, 0.2) is 24.3 Å². The Morgan fingerprint density at radius 1 is 0.450 bits per heavy atom. The van der Waals surface area contributed by atoms with Gasteiger partial charge in [-0.3, -0.25) is 9.59 Å². The van der Waals surface area contributed by atoms with Gasteiger partial charge in [0, 0.05) is 12.8 Å². The van der Waals surface area contributed by atoms with E-state index < -0.39 is 12.1 Å². The first-order chi connectivity index (χ1) is 29.5. The quantitative estimate of drug-likeness (QED) is 0.0322. The summed E-state index contributed by atoms with van der Waals surface area (Å²) in [6.07, 6.45) is 59.0. The Kier molecular flexibility index (Phi) is 48.6. The van der Waals surface area contributed by atoms with Crippen LogP contribution in [0.4, 0.5) is 0 Å². The number of unbranched alkanes of at least 4 members (excludes halogenated alkanes) is 36. The van der Waals surface area contributed by atoms with Gasteiger partial charge < -0.3 is 20.3 Å². The first-order valence-corrected chi connectivity index (χ1v) is 26.6. The number of rotatable bonds is 49. The lowest BCUT2D eigenvalue weighted by atomic mass is 10.0. The molecule has 1 amide bonds. The van der Waals surface area contributed by atoms with Crippen molar-refractivity contribution in [2.24, 2.45) is 0 Å². The van der Waals surface area contributed by atoms with E-state index in [1.54, 1.807) is 6.08 Å². The molecule has 0 aliphatic carbocycles. The van der Waals surface area contributed by atoms with Gasteiger partial charge in [0.1, 0.15) is 0 Å². The molecule has 0 bridgehead atoms. The van der Waals surface area contributed by atoms with Gasteiger partial charge in [-0.05, 0) is 57.8 Å². The van der Waals surface area contributed by atoms with Crippen molar-refractivity contribution in [1.29, 1.82) is 0 Å². The van der Waals surface area contributed by atoms with Gasteiger partial charge in [0.05, 0.1) is 25.4 Å². The van der Waals surface area contributed by atoms with Crippen molar-refractivity contribution in [3.8, 4) is 0 Å². The number of nitrogens with one attached hydrogen (secondary N) is 1. The van der Waals surface area contributed by atoms with E-state index in [1.807, 2.05) is 6.08 Å². The molecule has 0 aromatic rings. The number of esters is 1. The molecule has 0 spiro atoms. The summed E-state index contributed by atoms with van der Waals surface area (Å²) in [6, 6.07) is -0.632. The molecule has 0 aromatic carbocycles. The highest BCUT2D eigenvalue weighted by Crippen LogP contribution is 2.16. The Morgan fingerprint density at radius 3 is 1.18 bits per heavy atom. The van der Waals surface area contributed by atoms with Crippen LogP contribution in [0.25, 0.3) is 0 Å². The van der Waals surface area contributed by atoms with E-state index in [0.29, 0.717) is 19.4 Å². The van der Waals surface area contributed by atoms with Gasteiger partial charge in [0.15, 0.2) is 0 Å². The minimum atomic E-state index is -0.848. The molecule has 0 heterocycles. The predicted octanol–water partition coefficient (Wildman–Crippen LogP) is 15.9. The van der Waals surface area contributed by atoms with Crippen molar-refractivity contribution < 1.29 is 24.5 Å². The monoisotopic (exact) mass is 846 g/mol. The third-order valence-corrected chi connectivity index (χ3v) is 12.2. The molecular formula is C54H103NO5. The lowest BCUT2D eigenvalue weighted by Gasteiger charge is -2.20. The standard InChI is InChI=1S/C54H103NO5/c1-3-5-7-9-11-13-15-16-25-28-32-36-40-44-48-54(59)60-49-45-41-37-33-29-26-23-21-19-17-18-20-22-24-27-31-35-39-43-47-53(58)55-51(50-56)52(57)46-42-38-34-30-14-12-10-8-6-4-2/h17-18,42,46,51-52,56-57H,3-16,19-41,43-45,47-50H2,1-2H3,(H,55,58)/b18-17-,46-42+. The van der Waals surface area contributed by atoms with Gasteiger partial charge in [-0.15, -0.1) is 0 Å². The number of ether oxygens (including phenoxy) is 1. The molecule has 0 saturated carbocycles. The van der Waals surface area contributed by atoms with Crippen molar-refractivity contribution in [1.82, 2.24) is 5.32 Å². The van der Waals surface area contributed by atoms with Crippen molar-refractivity contribution in [3.63, 3.8) is 0 Å². The molecule has 6 heteroatoms. The summed E-state index contributed by atoms with van der Waals surface area (Å²) in [6.45, 7) is 4.87. The molecule has 0 fully saturated rings. The van der Waals surface area contributed by atoms with Crippen LogP contribution in [0.3, 0.4) is 0 Å². The fourth-order valence-electron chi connectivity index (χ4n) is 8.10. The van der Waals surface area contributed by atoms with Gasteiger partial charge in [-0.2, -0.15) is 0 Å². The Labute approximate surface area is 373 Å². The molecule has 0 radical (unpaired) electrons. The van der Waals surface area contributed by atoms with E-state index in [-0.39, 0.29) is 18.5 Å². The average molecular weight is 846 g/mol. The van der Waals surface area contributed by atoms with Crippen LogP contribution in [-0.2, 0) is 14.3 Å². The van der Waals surface area contributed by atoms with Crippen LogP contribution in [0, 0.1) is 0 Å². The van der Waals surface area contributed by atoms with Crippen LogP contribution >= 0.6 is 0 Å². The Morgan fingerprint density at radius 2 is 0.783 bits per heavy atom. The van der Waals surface area contributed by atoms with E-state index >= 15 is 0 Å². The second-order valence-corrected chi connectivity index (χ2v) is 18.2. The molecule has 3 N–H and O–H groups in total. The number of hydrogen-bond donors (Lipinski definition) is 3. The number of aliphatic hydroxyl groups excluding tert-OH is 2. The molecule has 0 rings (SSSR count). The third-order valence-electron chi connectivity index (χ3n) is 12.2. The summed E-state index contributed by atoms with van der Waals surface area (Å²) in [4.78, 5) is 24.4. The average Bonchev–Trinajstić information content (AvgIpc) is 3.25. The molecule has 0 saturated heterocycles. The normalized spacial score (nSPS) is 12.8. The van der Waals surface area contributed by atoms with Gasteiger partial charge in [0.2, 0.25) is 5.91 Å². The highest BCUT2D eigenvalue weighted by atomic mass is 16.5. The van der Waals surface area contributed by atoms with E-state index in [9.17, 15) is 19.8 Å². The lowest BCUT2D eigenvalue weighted by molar-refractivity contribution is -0.143. The first kappa shape index (κ1) is 58.3. The van der Waals surface area contributed by atoms with E-state index in [2.05, 4.69) is 31.3 Å². The van der Waals surface area contributed by atoms with Crippen molar-refractivity contribution in [2.45, 2.75) is 296 Å². The summed E-state index contributed by atoms with van der Waals surface area (Å²) in [5.74, 6) is -0.0746. The molecule has 2 unspecified atom stereocenters. The zero-order valence-electron chi connectivity index (χ0n) is 40.2. The molecule has 0 aliphatic heterocycles. The molecule has 60 heavy (non-hydrogen) atoms. The third kappa shape index (κ3) is 45.9. The summed E-state index contributed by atoms with van der Waals surface area (Å²) in [5, 5.41) is 22.9. The maximum atomic E-state index is 12.4. The highest BCUT2D eigenvalue weighted by molar-refractivity contribution is 5.76. The van der Waals surface area contributed by atoms with Gasteiger partial charge in [-0.1, -0.05) is 237 Å². The molecule has 354 valence electrons. The molecular weight excluding hydrogens is 743 g/mol. The van der Waals surface area contributed by atoms with Crippen LogP contribution in [0.1, 0.15) is 284 Å². The minimum Gasteiger partial charge on any atom is -0.466 e. The second kappa shape index (κ2) is 50.0. The number of carbonyl (C=O) groups excluding carboxylic acids is 2. The molecule has 0 aliphatic rings. The van der Waals surface area contributed by atoms with Crippen LogP contribution in [0.5, 0.6) is 0 Å². The van der Waals surface area contributed by atoms with Gasteiger partial charge >= 0.3 is 5.97 Å². The SMILES string of the molecule is CCCCCCCCCC/C=C/C(O)C(CO)NC(=O)CCCCCCCCC/C=C\CCCCCCCCCCOC(=O)CCCCCCCCCCCCCCCC. The lowest BCUT2D eigenvalue weighted by Crippen LogP contribution is -2.45. The van der Waals surface area contributed by atoms with E-state index in [4.69, 9.17) is 4.74 Å². The van der Waals surface area contributed by atoms with E-state index in [1.165, 1.54) is 205 Å². The smallest absolute Gasteiger partial charge is 0.305 e. The maximum absolute atomic E-state index is 12.4. The van der Waals surface area contributed by atoms with Crippen molar-refractivity contribution in [2.75, 3.05) is 13.2 Å². The highest BCUT2D eigenvalue weighted by Gasteiger charge is 2.18. The zero-order chi connectivity index (χ0) is 43.7. The minimum absolute atomic E-state index is 0.00500. The molecule has 0 aromatic heterocycles. The molecule has 2 atom stereocenters. The first-order valence-electron chi connectivity index (χ1n) is 26.6. The van der Waals surface area contributed by atoms with Crippen molar-refractivity contribution in [3.05, 3.63) is 24.3 Å². The van der Waals surface area contributed by atoms with Crippen LogP contribution in [-0.4, -0.2) is 47.4 Å². The van der Waals surface area contributed by atoms with Crippen molar-refractivity contribution >= 4 is 11.9 Å². The summed E-state index contributed by atoms with van der Waals surface area (Å²) < 4.78 is 5.47. The summed E-state index contributed by atoms with van der Waals surface area (Å²) >= 11 is 0. The Balaban J connectivity index is 3.43. The zero-order valence-corrected chi connectivity index (χ0v) is 40.2. The predicted molar refractivity (Wildman–Crippen MR) is 260 cm³/mol. The van der Waals surface area contributed by atoms with E-state index in [0.717, 1.165) is 51.4 Å². The largest absolute Gasteiger partial charge is 0.466 e. The second-order valence-electron chi connectivity index (χ2n) is 18.2. The number of amides is 1. The maximum Gasteiger partial charge on any atom is 0.305 e. The number of carbonyl (C=O) groups is 2. The Bertz CT molecular complexity index is 935. The van der Waals surface area contributed by atoms with Crippen LogP contribution in [0.2, 0.25) is 0 Å². The fourth-order valence-corrected chi connectivity index (χ4v) is 8.10. The topological polar surface area (TPSA) is 95.9 Å². The summed E-state index contributed by atoms with van der Waals surface area (Å²) in [5.41, 5.74) is 0.